The third-order valence-corrected chi connectivity index (χ3v) is 3.06. The number of ether oxygens (including phenoxy) is 1. The zero-order valence-corrected chi connectivity index (χ0v) is 13.1. The standard InChI is InChI=1S/C17H17F2N3O2/c1-13(4-2-3-8-17(18,19)12-23)11-24-14-5-6-15(20-10-14)16-7-9-21-22-16/h2-7,9-10,12H,8,11H2,1H3,(H,21,22)/b3-2-,13-4+. The van der Waals surface area contributed by atoms with E-state index >= 15 is 0 Å². The van der Waals surface area contributed by atoms with E-state index in [-0.39, 0.29) is 6.29 Å². The van der Waals surface area contributed by atoms with Crippen molar-refractivity contribution in [3.8, 4) is 17.1 Å². The summed E-state index contributed by atoms with van der Waals surface area (Å²) in [6.07, 6.45) is 6.68. The van der Waals surface area contributed by atoms with Crippen LogP contribution in [0.4, 0.5) is 8.78 Å². The number of allylic oxidation sites excluding steroid dienone is 3. The van der Waals surface area contributed by atoms with Crippen LogP contribution in [-0.4, -0.2) is 34.0 Å². The van der Waals surface area contributed by atoms with Gasteiger partial charge in [0.15, 0.2) is 6.29 Å². The highest BCUT2D eigenvalue weighted by atomic mass is 19.3. The molecule has 7 heteroatoms. The number of hydrogen-bond acceptors (Lipinski definition) is 4. The van der Waals surface area contributed by atoms with Crippen molar-refractivity contribution in [2.24, 2.45) is 0 Å². The number of nitrogens with one attached hydrogen (secondary N) is 1. The first-order valence-corrected chi connectivity index (χ1v) is 7.25. The Morgan fingerprint density at radius 1 is 1.38 bits per heavy atom. The number of pyridine rings is 1. The van der Waals surface area contributed by atoms with Crippen LogP contribution in [0.25, 0.3) is 11.4 Å². The molecule has 126 valence electrons. The lowest BCUT2D eigenvalue weighted by Crippen LogP contribution is -2.15. The second-order valence-corrected chi connectivity index (χ2v) is 5.16. The van der Waals surface area contributed by atoms with Gasteiger partial charge in [0.2, 0.25) is 0 Å². The molecule has 0 amide bonds. The maximum absolute atomic E-state index is 12.7. The predicted molar refractivity (Wildman–Crippen MR) is 85.8 cm³/mol. The second-order valence-electron chi connectivity index (χ2n) is 5.16. The van der Waals surface area contributed by atoms with Gasteiger partial charge in [0.1, 0.15) is 12.4 Å². The second kappa shape index (κ2) is 8.14. The summed E-state index contributed by atoms with van der Waals surface area (Å²) in [7, 11) is 0. The molecule has 24 heavy (non-hydrogen) atoms. The summed E-state index contributed by atoms with van der Waals surface area (Å²) in [6.45, 7) is 2.12. The van der Waals surface area contributed by atoms with Crippen LogP contribution in [0.1, 0.15) is 13.3 Å². The van der Waals surface area contributed by atoms with E-state index in [0.29, 0.717) is 12.4 Å². The Hall–Kier alpha value is -2.83. The molecule has 0 aliphatic rings. The van der Waals surface area contributed by atoms with Gasteiger partial charge in [-0.3, -0.25) is 14.9 Å². The van der Waals surface area contributed by atoms with Crippen molar-refractivity contribution in [1.29, 1.82) is 0 Å². The number of carbonyl (C=O) groups excluding carboxylic acids is 1. The number of aldehydes is 1. The van der Waals surface area contributed by atoms with E-state index < -0.39 is 12.3 Å². The van der Waals surface area contributed by atoms with Crippen LogP contribution in [0, 0.1) is 0 Å². The van der Waals surface area contributed by atoms with E-state index in [1.165, 1.54) is 12.2 Å². The molecule has 0 aromatic carbocycles. The monoisotopic (exact) mass is 333 g/mol. The SMILES string of the molecule is C/C(=C\C=C/CC(F)(F)C=O)COc1ccc(-c2ccn[nH]2)nc1. The summed E-state index contributed by atoms with van der Waals surface area (Å²) >= 11 is 0. The highest BCUT2D eigenvalue weighted by molar-refractivity contribution is 5.59. The van der Waals surface area contributed by atoms with E-state index in [9.17, 15) is 13.6 Å². The van der Waals surface area contributed by atoms with Crippen molar-refractivity contribution in [3.05, 3.63) is 54.4 Å². The third kappa shape index (κ3) is 5.42. The van der Waals surface area contributed by atoms with Gasteiger partial charge in [-0.1, -0.05) is 18.2 Å². The molecule has 0 fully saturated rings. The highest BCUT2D eigenvalue weighted by Crippen LogP contribution is 2.17. The molecular weight excluding hydrogens is 316 g/mol. The van der Waals surface area contributed by atoms with Gasteiger partial charge in [-0.05, 0) is 30.7 Å². The summed E-state index contributed by atoms with van der Waals surface area (Å²) in [6, 6.07) is 5.41. The zero-order chi connectivity index (χ0) is 17.4. The molecule has 0 aliphatic heterocycles. The minimum atomic E-state index is -3.31. The van der Waals surface area contributed by atoms with Crippen molar-refractivity contribution in [3.63, 3.8) is 0 Å². The first-order valence-electron chi connectivity index (χ1n) is 7.25. The lowest BCUT2D eigenvalue weighted by molar-refractivity contribution is -0.128. The fraction of sp³-hybridized carbons (Fsp3) is 0.235. The molecule has 1 N–H and O–H groups in total. The molecule has 0 unspecified atom stereocenters. The van der Waals surface area contributed by atoms with Crippen molar-refractivity contribution in [2.75, 3.05) is 6.61 Å². The smallest absolute Gasteiger partial charge is 0.305 e. The molecule has 0 aliphatic carbocycles. The topological polar surface area (TPSA) is 67.9 Å². The van der Waals surface area contributed by atoms with E-state index in [0.717, 1.165) is 17.0 Å². The number of carbonyl (C=O) groups is 1. The van der Waals surface area contributed by atoms with Crippen LogP contribution < -0.4 is 4.74 Å². The van der Waals surface area contributed by atoms with Crippen LogP contribution in [0.5, 0.6) is 5.75 Å². The summed E-state index contributed by atoms with van der Waals surface area (Å²) in [5.41, 5.74) is 2.42. The van der Waals surface area contributed by atoms with Gasteiger partial charge in [0, 0.05) is 12.6 Å². The third-order valence-electron chi connectivity index (χ3n) is 3.06. The minimum absolute atomic E-state index is 0.305. The van der Waals surface area contributed by atoms with Crippen molar-refractivity contribution in [1.82, 2.24) is 15.2 Å². The van der Waals surface area contributed by atoms with Gasteiger partial charge >= 0.3 is 5.92 Å². The van der Waals surface area contributed by atoms with Crippen LogP contribution in [0.2, 0.25) is 0 Å². The van der Waals surface area contributed by atoms with Gasteiger partial charge in [0.05, 0.1) is 17.6 Å². The normalized spacial score (nSPS) is 12.5. The Kier molecular flexibility index (Phi) is 5.95. The average molecular weight is 333 g/mol. The lowest BCUT2D eigenvalue weighted by atomic mass is 10.2. The van der Waals surface area contributed by atoms with E-state index in [4.69, 9.17) is 4.74 Å². The number of aromatic amines is 1. The first kappa shape index (κ1) is 17.5. The summed E-state index contributed by atoms with van der Waals surface area (Å²) in [5.74, 6) is -2.71. The summed E-state index contributed by atoms with van der Waals surface area (Å²) < 4.78 is 31.0. The quantitative estimate of drug-likeness (QED) is 0.592. The minimum Gasteiger partial charge on any atom is -0.488 e. The maximum Gasteiger partial charge on any atom is 0.305 e. The molecule has 2 aromatic rings. The van der Waals surface area contributed by atoms with Crippen LogP contribution in [-0.2, 0) is 4.79 Å². The lowest BCUT2D eigenvalue weighted by Gasteiger charge is -2.06. The number of halogens is 2. The summed E-state index contributed by atoms with van der Waals surface area (Å²) in [5, 5.41) is 6.68. The number of aromatic nitrogens is 3. The molecule has 2 aromatic heterocycles. The molecule has 0 saturated carbocycles. The van der Waals surface area contributed by atoms with Gasteiger partial charge in [-0.2, -0.15) is 13.9 Å². The Balaban J connectivity index is 1.83. The number of rotatable bonds is 8. The Bertz CT molecular complexity index is 708. The number of hydrogen-bond donors (Lipinski definition) is 1. The van der Waals surface area contributed by atoms with Gasteiger partial charge < -0.3 is 4.74 Å². The van der Waals surface area contributed by atoms with Crippen LogP contribution in [0.3, 0.4) is 0 Å². The Morgan fingerprint density at radius 2 is 2.21 bits per heavy atom. The fourth-order valence-corrected chi connectivity index (χ4v) is 1.77. The van der Waals surface area contributed by atoms with E-state index in [2.05, 4.69) is 15.2 Å². The zero-order valence-electron chi connectivity index (χ0n) is 13.1. The molecule has 2 rings (SSSR count). The first-order chi connectivity index (χ1) is 11.5. The Labute approximate surface area is 138 Å². The molecule has 0 spiro atoms. The van der Waals surface area contributed by atoms with Gasteiger partial charge in [-0.15, -0.1) is 0 Å². The van der Waals surface area contributed by atoms with Crippen LogP contribution >= 0.6 is 0 Å². The Morgan fingerprint density at radius 3 is 2.83 bits per heavy atom. The summed E-state index contributed by atoms with van der Waals surface area (Å²) in [4.78, 5) is 14.3. The maximum atomic E-state index is 12.7. The molecule has 2 heterocycles. The number of alkyl halides is 2. The van der Waals surface area contributed by atoms with E-state index in [1.54, 1.807) is 24.5 Å². The molecule has 0 atom stereocenters. The number of nitrogens with zero attached hydrogens (tertiary/aromatic N) is 2. The van der Waals surface area contributed by atoms with Crippen molar-refractivity contribution >= 4 is 6.29 Å². The van der Waals surface area contributed by atoms with Gasteiger partial charge in [0.25, 0.3) is 0 Å². The van der Waals surface area contributed by atoms with Crippen molar-refractivity contribution < 1.29 is 18.3 Å². The van der Waals surface area contributed by atoms with E-state index in [1.807, 2.05) is 19.1 Å². The average Bonchev–Trinajstić information content (AvgIpc) is 3.12. The molecule has 5 nitrogen and oxygen atoms in total. The van der Waals surface area contributed by atoms with Crippen LogP contribution in [0.15, 0.2) is 54.4 Å². The fourth-order valence-electron chi connectivity index (χ4n) is 1.77. The predicted octanol–water partition coefficient (Wildman–Crippen LogP) is 3.58. The number of H-pyrrole nitrogens is 1. The largest absolute Gasteiger partial charge is 0.488 e. The van der Waals surface area contributed by atoms with Crippen molar-refractivity contribution in [2.45, 2.75) is 19.3 Å². The van der Waals surface area contributed by atoms with Gasteiger partial charge in [-0.25, -0.2) is 0 Å². The molecule has 0 saturated heterocycles. The molecular formula is C17H17F2N3O2. The molecule has 0 radical (unpaired) electrons. The highest BCUT2D eigenvalue weighted by Gasteiger charge is 2.25. The molecule has 0 bridgehead atoms.